The molecule has 1 fully saturated rings. The topological polar surface area (TPSA) is 12.0 Å². The first-order chi connectivity index (χ1) is 5.83. The number of rotatable bonds is 3. The molecule has 1 N–H and O–H groups in total. The van der Waals surface area contributed by atoms with E-state index in [0.717, 1.165) is 24.9 Å². The Bertz CT molecular complexity index is 157. The second-order valence-electron chi connectivity index (χ2n) is 3.88. The van der Waals surface area contributed by atoms with Gasteiger partial charge in [-0.05, 0) is 18.8 Å². The first kappa shape index (κ1) is 9.61. The molecule has 1 aliphatic rings. The molecule has 1 saturated carbocycles. The van der Waals surface area contributed by atoms with Crippen molar-refractivity contribution in [1.29, 1.82) is 0 Å². The van der Waals surface area contributed by atoms with Gasteiger partial charge in [0.2, 0.25) is 0 Å². The van der Waals surface area contributed by atoms with Crippen molar-refractivity contribution in [3.63, 3.8) is 0 Å². The van der Waals surface area contributed by atoms with Crippen LogP contribution in [0.3, 0.4) is 0 Å². The van der Waals surface area contributed by atoms with Gasteiger partial charge in [-0.3, -0.25) is 0 Å². The van der Waals surface area contributed by atoms with Gasteiger partial charge >= 0.3 is 0 Å². The lowest BCUT2D eigenvalue weighted by molar-refractivity contribution is 0.304. The van der Waals surface area contributed by atoms with Crippen LogP contribution in [0.1, 0.15) is 39.0 Å². The Morgan fingerprint density at radius 1 is 1.50 bits per heavy atom. The highest BCUT2D eigenvalue weighted by molar-refractivity contribution is 4.85. The van der Waals surface area contributed by atoms with E-state index in [1.54, 1.807) is 0 Å². The summed E-state index contributed by atoms with van der Waals surface area (Å²) in [7, 11) is 0. The summed E-state index contributed by atoms with van der Waals surface area (Å²) in [5.74, 6) is 3.56. The molecule has 0 aromatic heterocycles. The lowest BCUT2D eigenvalue weighted by Crippen LogP contribution is -2.33. The molecule has 0 aliphatic heterocycles. The fourth-order valence-corrected chi connectivity index (χ4v) is 1.97. The normalized spacial score (nSPS) is 29.7. The largest absolute Gasteiger partial charge is 0.313 e. The van der Waals surface area contributed by atoms with Crippen LogP contribution in [0.25, 0.3) is 0 Å². The fraction of sp³-hybridized carbons (Fsp3) is 0.818. The first-order valence-corrected chi connectivity index (χ1v) is 4.99. The Labute approximate surface area is 75.9 Å². The number of terminal acetylenes is 1. The van der Waals surface area contributed by atoms with Crippen LogP contribution in [-0.2, 0) is 0 Å². The monoisotopic (exact) mass is 165 g/mol. The Kier molecular flexibility index (Phi) is 4.18. The van der Waals surface area contributed by atoms with Gasteiger partial charge in [0, 0.05) is 19.0 Å². The van der Waals surface area contributed by atoms with Crippen LogP contribution in [0.2, 0.25) is 0 Å². The average molecular weight is 165 g/mol. The molecule has 0 bridgehead atoms. The highest BCUT2D eigenvalue weighted by Crippen LogP contribution is 2.23. The van der Waals surface area contributed by atoms with Crippen LogP contribution in [-0.4, -0.2) is 12.6 Å². The summed E-state index contributed by atoms with van der Waals surface area (Å²) in [6, 6.07) is 0.738. The molecule has 0 saturated heterocycles. The Morgan fingerprint density at radius 2 is 2.33 bits per heavy atom. The summed E-state index contributed by atoms with van der Waals surface area (Å²) >= 11 is 0. The van der Waals surface area contributed by atoms with Gasteiger partial charge in [0.15, 0.2) is 0 Å². The summed E-state index contributed by atoms with van der Waals surface area (Å²) in [6.07, 6.45) is 11.5. The van der Waals surface area contributed by atoms with Gasteiger partial charge in [0.25, 0.3) is 0 Å². The zero-order chi connectivity index (χ0) is 8.81. The third-order valence-corrected chi connectivity index (χ3v) is 2.64. The highest BCUT2D eigenvalue weighted by atomic mass is 14.9. The van der Waals surface area contributed by atoms with Crippen LogP contribution in [0.15, 0.2) is 0 Å². The molecule has 0 aromatic carbocycles. The van der Waals surface area contributed by atoms with Crippen molar-refractivity contribution in [3.8, 4) is 12.3 Å². The maximum Gasteiger partial charge on any atom is 0.0211 e. The van der Waals surface area contributed by atoms with Crippen molar-refractivity contribution in [2.45, 2.75) is 45.1 Å². The molecule has 0 spiro atoms. The van der Waals surface area contributed by atoms with Gasteiger partial charge in [0.1, 0.15) is 0 Å². The Morgan fingerprint density at radius 3 is 3.00 bits per heavy atom. The standard InChI is InChI=1S/C11H19N/c1-3-4-8-12-11-7-5-6-10(2)9-11/h1,10-12H,4-9H2,2H3. The first-order valence-electron chi connectivity index (χ1n) is 4.99. The molecule has 1 heteroatoms. The van der Waals surface area contributed by atoms with Crippen molar-refractivity contribution in [2.75, 3.05) is 6.54 Å². The maximum absolute atomic E-state index is 5.18. The molecule has 0 aromatic rings. The zero-order valence-corrected chi connectivity index (χ0v) is 7.97. The minimum atomic E-state index is 0.738. The van der Waals surface area contributed by atoms with Crippen molar-refractivity contribution in [3.05, 3.63) is 0 Å². The van der Waals surface area contributed by atoms with E-state index >= 15 is 0 Å². The number of hydrogen-bond donors (Lipinski definition) is 1. The lowest BCUT2D eigenvalue weighted by atomic mass is 9.87. The maximum atomic E-state index is 5.18. The van der Waals surface area contributed by atoms with E-state index in [4.69, 9.17) is 6.42 Å². The van der Waals surface area contributed by atoms with Crippen LogP contribution in [0.4, 0.5) is 0 Å². The van der Waals surface area contributed by atoms with E-state index in [2.05, 4.69) is 18.2 Å². The zero-order valence-electron chi connectivity index (χ0n) is 7.97. The highest BCUT2D eigenvalue weighted by Gasteiger charge is 2.17. The quantitative estimate of drug-likeness (QED) is 0.499. The predicted octanol–water partition coefficient (Wildman–Crippen LogP) is 2.18. The summed E-state index contributed by atoms with van der Waals surface area (Å²) < 4.78 is 0. The molecule has 0 heterocycles. The van der Waals surface area contributed by atoms with Crippen LogP contribution >= 0.6 is 0 Å². The number of hydrogen-bond acceptors (Lipinski definition) is 1. The smallest absolute Gasteiger partial charge is 0.0211 e. The van der Waals surface area contributed by atoms with Gasteiger partial charge in [-0.25, -0.2) is 0 Å². The summed E-state index contributed by atoms with van der Waals surface area (Å²) in [4.78, 5) is 0. The Balaban J connectivity index is 2.11. The summed E-state index contributed by atoms with van der Waals surface area (Å²) in [6.45, 7) is 3.34. The van der Waals surface area contributed by atoms with E-state index in [0.29, 0.717) is 0 Å². The number of nitrogens with one attached hydrogen (secondary N) is 1. The van der Waals surface area contributed by atoms with Crippen LogP contribution < -0.4 is 5.32 Å². The second-order valence-corrected chi connectivity index (χ2v) is 3.88. The minimum absolute atomic E-state index is 0.738. The molecule has 0 amide bonds. The third-order valence-electron chi connectivity index (χ3n) is 2.64. The molecule has 1 rings (SSSR count). The molecule has 1 aliphatic carbocycles. The van der Waals surface area contributed by atoms with Crippen molar-refractivity contribution >= 4 is 0 Å². The van der Waals surface area contributed by atoms with E-state index in [1.165, 1.54) is 25.7 Å². The average Bonchev–Trinajstić information content (AvgIpc) is 2.05. The van der Waals surface area contributed by atoms with Crippen molar-refractivity contribution in [2.24, 2.45) is 5.92 Å². The van der Waals surface area contributed by atoms with Gasteiger partial charge in [-0.15, -0.1) is 12.3 Å². The molecule has 1 nitrogen and oxygen atoms in total. The van der Waals surface area contributed by atoms with E-state index in [-0.39, 0.29) is 0 Å². The predicted molar refractivity (Wildman–Crippen MR) is 52.9 cm³/mol. The van der Waals surface area contributed by atoms with Crippen molar-refractivity contribution < 1.29 is 0 Å². The molecular formula is C11H19N. The van der Waals surface area contributed by atoms with E-state index in [9.17, 15) is 0 Å². The Hall–Kier alpha value is -0.480. The van der Waals surface area contributed by atoms with Crippen LogP contribution in [0, 0.1) is 18.3 Å². The molecule has 0 radical (unpaired) electrons. The summed E-state index contributed by atoms with van der Waals surface area (Å²) in [5.41, 5.74) is 0. The third kappa shape index (κ3) is 3.28. The molecule has 2 atom stereocenters. The van der Waals surface area contributed by atoms with Gasteiger partial charge < -0.3 is 5.32 Å². The molecule has 68 valence electrons. The molecule has 2 unspecified atom stereocenters. The van der Waals surface area contributed by atoms with Crippen molar-refractivity contribution in [1.82, 2.24) is 5.32 Å². The SMILES string of the molecule is C#CCCNC1CCCC(C)C1. The lowest BCUT2D eigenvalue weighted by Gasteiger charge is -2.27. The van der Waals surface area contributed by atoms with Gasteiger partial charge in [-0.2, -0.15) is 0 Å². The minimum Gasteiger partial charge on any atom is -0.313 e. The van der Waals surface area contributed by atoms with Gasteiger partial charge in [-0.1, -0.05) is 19.8 Å². The summed E-state index contributed by atoms with van der Waals surface area (Å²) in [5, 5.41) is 3.51. The van der Waals surface area contributed by atoms with E-state index in [1.807, 2.05) is 0 Å². The molecule has 12 heavy (non-hydrogen) atoms. The van der Waals surface area contributed by atoms with Crippen LogP contribution in [0.5, 0.6) is 0 Å². The molecular weight excluding hydrogens is 146 g/mol. The second kappa shape index (κ2) is 5.22. The fourth-order valence-electron chi connectivity index (χ4n) is 1.97. The van der Waals surface area contributed by atoms with E-state index < -0.39 is 0 Å². The van der Waals surface area contributed by atoms with Gasteiger partial charge in [0.05, 0.1) is 0 Å².